The molecule has 106 valence electrons. The number of aromatic hydroxyl groups is 1. The Kier molecular flexibility index (Phi) is 4.01. The van der Waals surface area contributed by atoms with Crippen LogP contribution in [-0.2, 0) is 4.79 Å². The molecule has 0 radical (unpaired) electrons. The molecule has 1 aliphatic heterocycles. The Labute approximate surface area is 119 Å². The molecule has 2 amide bonds. The van der Waals surface area contributed by atoms with Crippen molar-refractivity contribution in [2.45, 2.75) is 13.0 Å². The average Bonchev–Trinajstić information content (AvgIpc) is 2.69. The number of aliphatic hydroxyl groups is 1. The molecular weight excluding hydrogens is 282 g/mol. The van der Waals surface area contributed by atoms with Gasteiger partial charge in [0, 0.05) is 11.6 Å². The maximum atomic E-state index is 11.6. The summed E-state index contributed by atoms with van der Waals surface area (Å²) in [5.74, 6) is -0.243. The zero-order valence-electron chi connectivity index (χ0n) is 10.8. The third-order valence-corrected chi connectivity index (χ3v) is 3.56. The van der Waals surface area contributed by atoms with E-state index in [2.05, 4.69) is 5.32 Å². The summed E-state index contributed by atoms with van der Waals surface area (Å²) in [7, 11) is 1.41. The highest BCUT2D eigenvalue weighted by molar-refractivity contribution is 8.18. The van der Waals surface area contributed by atoms with Gasteiger partial charge in [-0.05, 0) is 36.4 Å². The van der Waals surface area contributed by atoms with Gasteiger partial charge in [-0.3, -0.25) is 14.9 Å². The highest BCUT2D eigenvalue weighted by Gasteiger charge is 2.26. The quantitative estimate of drug-likeness (QED) is 0.736. The van der Waals surface area contributed by atoms with Gasteiger partial charge in [0.05, 0.1) is 18.1 Å². The number of hydrogen-bond donors (Lipinski definition) is 3. The number of carbonyl (C=O) groups excluding carboxylic acids is 2. The molecule has 1 heterocycles. The van der Waals surface area contributed by atoms with E-state index in [9.17, 15) is 19.8 Å². The number of amides is 2. The number of aliphatic hydroxyl groups excluding tert-OH is 1. The first-order chi connectivity index (χ1) is 9.42. The van der Waals surface area contributed by atoms with Crippen molar-refractivity contribution in [2.75, 3.05) is 7.11 Å². The van der Waals surface area contributed by atoms with Crippen LogP contribution in [0.3, 0.4) is 0 Å². The van der Waals surface area contributed by atoms with Crippen molar-refractivity contribution >= 4 is 29.0 Å². The van der Waals surface area contributed by atoms with Gasteiger partial charge in [0.1, 0.15) is 11.5 Å². The minimum Gasteiger partial charge on any atom is -0.508 e. The fourth-order valence-corrected chi connectivity index (χ4v) is 2.52. The molecule has 1 aliphatic rings. The summed E-state index contributed by atoms with van der Waals surface area (Å²) in [6.07, 6.45) is 0.596. The minimum atomic E-state index is -0.868. The number of carbonyl (C=O) groups is 2. The lowest BCUT2D eigenvalue weighted by Gasteiger charge is -2.14. The van der Waals surface area contributed by atoms with E-state index < -0.39 is 17.3 Å². The van der Waals surface area contributed by atoms with Gasteiger partial charge in [-0.1, -0.05) is 0 Å². The lowest BCUT2D eigenvalue weighted by atomic mass is 10.0. The van der Waals surface area contributed by atoms with Crippen LogP contribution >= 0.6 is 11.8 Å². The molecule has 6 nitrogen and oxygen atoms in total. The molecule has 3 N–H and O–H groups in total. The molecule has 0 aromatic heterocycles. The zero-order valence-corrected chi connectivity index (χ0v) is 11.7. The van der Waals surface area contributed by atoms with Crippen LogP contribution in [0.25, 0.3) is 6.08 Å². The van der Waals surface area contributed by atoms with Gasteiger partial charge in [-0.15, -0.1) is 0 Å². The number of benzene rings is 1. The van der Waals surface area contributed by atoms with Crippen LogP contribution in [-0.4, -0.2) is 28.5 Å². The number of phenols is 1. The summed E-state index contributed by atoms with van der Waals surface area (Å²) < 4.78 is 5.15. The molecule has 7 heteroatoms. The molecule has 1 aromatic carbocycles. The summed E-state index contributed by atoms with van der Waals surface area (Å²) in [6, 6.07) is 2.76. The number of ether oxygens (including phenoxy) is 1. The van der Waals surface area contributed by atoms with Crippen molar-refractivity contribution < 1.29 is 24.5 Å². The Morgan fingerprint density at radius 1 is 1.40 bits per heavy atom. The zero-order chi connectivity index (χ0) is 14.9. The number of phenolic OH excluding ortho intramolecular Hbond substituents is 1. The normalized spacial score (nSPS) is 18.2. The predicted octanol–water partition coefficient (Wildman–Crippen LogP) is 1.78. The fourth-order valence-electron chi connectivity index (χ4n) is 1.85. The van der Waals surface area contributed by atoms with Crippen molar-refractivity contribution in [1.29, 1.82) is 0 Å². The number of rotatable bonds is 3. The Morgan fingerprint density at radius 3 is 2.60 bits per heavy atom. The van der Waals surface area contributed by atoms with Gasteiger partial charge >= 0.3 is 0 Å². The monoisotopic (exact) mass is 295 g/mol. The third kappa shape index (κ3) is 2.78. The van der Waals surface area contributed by atoms with Crippen molar-refractivity contribution in [3.63, 3.8) is 0 Å². The molecule has 0 aliphatic carbocycles. The highest BCUT2D eigenvalue weighted by atomic mass is 32.2. The SMILES string of the molecule is COc1cc(O)cc(C(C)O)c1/C=C1\SC(=O)NC1=O. The van der Waals surface area contributed by atoms with Crippen LogP contribution in [0.2, 0.25) is 0 Å². The van der Waals surface area contributed by atoms with Gasteiger partial charge in [-0.25, -0.2) is 0 Å². The molecule has 1 saturated heterocycles. The molecular formula is C13H13NO5S. The van der Waals surface area contributed by atoms with Crippen LogP contribution in [0.4, 0.5) is 4.79 Å². The van der Waals surface area contributed by atoms with Gasteiger partial charge < -0.3 is 14.9 Å². The van der Waals surface area contributed by atoms with Crippen molar-refractivity contribution in [2.24, 2.45) is 0 Å². The molecule has 0 bridgehead atoms. The minimum absolute atomic E-state index is 0.0560. The Bertz CT molecular complexity index is 609. The molecule has 0 saturated carbocycles. The summed E-state index contributed by atoms with van der Waals surface area (Å²) in [5, 5.41) is 21.1. The first-order valence-corrected chi connectivity index (χ1v) is 6.58. The van der Waals surface area contributed by atoms with E-state index in [-0.39, 0.29) is 10.7 Å². The molecule has 1 unspecified atom stereocenters. The summed E-state index contributed by atoms with van der Waals surface area (Å²) in [4.78, 5) is 22.9. The van der Waals surface area contributed by atoms with E-state index in [1.807, 2.05) is 0 Å². The second-order valence-corrected chi connectivity index (χ2v) is 5.19. The van der Waals surface area contributed by atoms with Crippen LogP contribution in [0.15, 0.2) is 17.0 Å². The van der Waals surface area contributed by atoms with E-state index in [0.29, 0.717) is 16.9 Å². The van der Waals surface area contributed by atoms with Gasteiger partial charge in [-0.2, -0.15) is 0 Å². The standard InChI is InChI=1S/C13H13NO5S/c1-6(15)8-3-7(16)4-10(19-2)9(8)5-11-12(17)14-13(18)20-11/h3-6,15-16H,1-2H3,(H,14,17,18)/b11-5-. The first kappa shape index (κ1) is 14.4. The summed E-state index contributed by atoms with van der Waals surface area (Å²) in [6.45, 7) is 1.53. The van der Waals surface area contributed by atoms with Crippen LogP contribution in [0, 0.1) is 0 Å². The van der Waals surface area contributed by atoms with Crippen LogP contribution in [0.1, 0.15) is 24.2 Å². The number of methoxy groups -OCH3 is 1. The van der Waals surface area contributed by atoms with Crippen LogP contribution in [0.5, 0.6) is 11.5 Å². The molecule has 1 fully saturated rings. The van der Waals surface area contributed by atoms with Crippen LogP contribution < -0.4 is 10.1 Å². The van der Waals surface area contributed by atoms with Gasteiger partial charge in [0.25, 0.3) is 11.1 Å². The van der Waals surface area contributed by atoms with Crippen molar-refractivity contribution in [3.05, 3.63) is 28.2 Å². The molecule has 0 spiro atoms. The molecule has 20 heavy (non-hydrogen) atoms. The molecule has 1 atom stereocenters. The van der Waals surface area contributed by atoms with E-state index >= 15 is 0 Å². The smallest absolute Gasteiger partial charge is 0.290 e. The van der Waals surface area contributed by atoms with E-state index in [1.54, 1.807) is 0 Å². The molecule has 1 aromatic rings. The lowest BCUT2D eigenvalue weighted by Crippen LogP contribution is -2.17. The number of hydrogen-bond acceptors (Lipinski definition) is 6. The number of imide groups is 1. The average molecular weight is 295 g/mol. The second kappa shape index (κ2) is 5.56. The largest absolute Gasteiger partial charge is 0.508 e. The summed E-state index contributed by atoms with van der Waals surface area (Å²) >= 11 is 0.774. The predicted molar refractivity (Wildman–Crippen MR) is 74.4 cm³/mol. The number of nitrogens with one attached hydrogen (secondary N) is 1. The second-order valence-electron chi connectivity index (χ2n) is 4.18. The highest BCUT2D eigenvalue weighted by Crippen LogP contribution is 2.36. The maximum Gasteiger partial charge on any atom is 0.290 e. The summed E-state index contributed by atoms with van der Waals surface area (Å²) in [5.41, 5.74) is 0.856. The third-order valence-electron chi connectivity index (χ3n) is 2.75. The van der Waals surface area contributed by atoms with E-state index in [1.165, 1.54) is 32.2 Å². The van der Waals surface area contributed by atoms with Crippen molar-refractivity contribution in [1.82, 2.24) is 5.32 Å². The lowest BCUT2D eigenvalue weighted by molar-refractivity contribution is -0.115. The van der Waals surface area contributed by atoms with E-state index in [4.69, 9.17) is 4.74 Å². The number of thioether (sulfide) groups is 1. The topological polar surface area (TPSA) is 95.9 Å². The van der Waals surface area contributed by atoms with Gasteiger partial charge in [0.15, 0.2) is 0 Å². The van der Waals surface area contributed by atoms with Crippen molar-refractivity contribution in [3.8, 4) is 11.5 Å². The maximum absolute atomic E-state index is 11.6. The molecule has 2 rings (SSSR count). The Morgan fingerprint density at radius 2 is 2.10 bits per heavy atom. The Balaban J connectivity index is 2.57. The van der Waals surface area contributed by atoms with E-state index in [0.717, 1.165) is 11.8 Å². The van der Waals surface area contributed by atoms with Gasteiger partial charge in [0.2, 0.25) is 0 Å². The fraction of sp³-hybridized carbons (Fsp3) is 0.231. The Hall–Kier alpha value is -1.99. The first-order valence-electron chi connectivity index (χ1n) is 5.76.